The van der Waals surface area contributed by atoms with Crippen LogP contribution in [-0.2, 0) is 14.3 Å². The van der Waals surface area contributed by atoms with Crippen LogP contribution in [0.25, 0.3) is 0 Å². The highest BCUT2D eigenvalue weighted by atomic mass is 16.5. The van der Waals surface area contributed by atoms with Crippen molar-refractivity contribution >= 4 is 11.9 Å². The molecule has 2 atom stereocenters. The molecule has 6 nitrogen and oxygen atoms in total. The molecular weight excluding hydrogens is 260 g/mol. The number of hydrogen-bond acceptors (Lipinski definition) is 4. The average Bonchev–Trinajstić information content (AvgIpc) is 2.37. The van der Waals surface area contributed by atoms with Crippen LogP contribution in [0.3, 0.4) is 0 Å². The van der Waals surface area contributed by atoms with E-state index < -0.39 is 11.4 Å². The SMILES string of the molecule is CC1(OCC(=O)NC2CCCCC2(C)C(=O)O)CNC1. The number of carboxylic acids is 1. The van der Waals surface area contributed by atoms with Crippen molar-refractivity contribution < 1.29 is 19.4 Å². The van der Waals surface area contributed by atoms with Gasteiger partial charge in [0.25, 0.3) is 0 Å². The molecule has 6 heteroatoms. The third kappa shape index (κ3) is 3.12. The molecular formula is C14H24N2O4. The van der Waals surface area contributed by atoms with Gasteiger partial charge in [0.1, 0.15) is 6.61 Å². The summed E-state index contributed by atoms with van der Waals surface area (Å²) in [4.78, 5) is 23.4. The summed E-state index contributed by atoms with van der Waals surface area (Å²) >= 11 is 0. The van der Waals surface area contributed by atoms with Gasteiger partial charge in [0.2, 0.25) is 5.91 Å². The Morgan fingerprint density at radius 2 is 2.05 bits per heavy atom. The third-order valence-corrected chi connectivity index (χ3v) is 4.58. The molecule has 0 aromatic rings. The Bertz CT molecular complexity index is 395. The average molecular weight is 284 g/mol. The van der Waals surface area contributed by atoms with Gasteiger partial charge < -0.3 is 20.5 Å². The van der Waals surface area contributed by atoms with E-state index >= 15 is 0 Å². The van der Waals surface area contributed by atoms with Gasteiger partial charge in [-0.2, -0.15) is 0 Å². The minimum absolute atomic E-state index is 0.00954. The second-order valence-electron chi connectivity index (χ2n) is 6.43. The zero-order chi connectivity index (χ0) is 14.8. The number of nitrogens with one attached hydrogen (secondary N) is 2. The smallest absolute Gasteiger partial charge is 0.311 e. The molecule has 2 unspecified atom stereocenters. The van der Waals surface area contributed by atoms with Crippen LogP contribution in [-0.4, -0.2) is 48.3 Å². The van der Waals surface area contributed by atoms with Crippen molar-refractivity contribution in [3.63, 3.8) is 0 Å². The van der Waals surface area contributed by atoms with Crippen molar-refractivity contribution in [1.29, 1.82) is 0 Å². The highest BCUT2D eigenvalue weighted by Crippen LogP contribution is 2.36. The maximum absolute atomic E-state index is 12.0. The summed E-state index contributed by atoms with van der Waals surface area (Å²) in [5.74, 6) is -1.06. The van der Waals surface area contributed by atoms with E-state index in [1.54, 1.807) is 6.92 Å². The van der Waals surface area contributed by atoms with Crippen LogP contribution < -0.4 is 10.6 Å². The van der Waals surface area contributed by atoms with Crippen molar-refractivity contribution in [2.24, 2.45) is 5.41 Å². The standard InChI is InChI=1S/C14H24N2O4/c1-13(8-15-9-13)20-7-11(17)16-10-5-3-4-6-14(10,2)12(18)19/h10,15H,3-9H2,1-2H3,(H,16,17)(H,18,19). The number of aliphatic carboxylic acids is 1. The minimum Gasteiger partial charge on any atom is -0.481 e. The van der Waals surface area contributed by atoms with Crippen LogP contribution in [0, 0.1) is 5.41 Å². The van der Waals surface area contributed by atoms with E-state index in [-0.39, 0.29) is 24.2 Å². The second-order valence-corrected chi connectivity index (χ2v) is 6.43. The first-order chi connectivity index (χ1) is 9.36. The Morgan fingerprint density at radius 1 is 1.35 bits per heavy atom. The van der Waals surface area contributed by atoms with Crippen LogP contribution in [0.2, 0.25) is 0 Å². The number of carbonyl (C=O) groups is 2. The van der Waals surface area contributed by atoms with E-state index in [2.05, 4.69) is 10.6 Å². The summed E-state index contributed by atoms with van der Waals surface area (Å²) in [6, 6.07) is -0.308. The van der Waals surface area contributed by atoms with Crippen molar-refractivity contribution in [1.82, 2.24) is 10.6 Å². The summed E-state index contributed by atoms with van der Waals surface area (Å²) < 4.78 is 5.58. The van der Waals surface area contributed by atoms with E-state index in [0.717, 1.165) is 25.9 Å². The molecule has 3 N–H and O–H groups in total. The lowest BCUT2D eigenvalue weighted by atomic mass is 9.71. The van der Waals surface area contributed by atoms with Gasteiger partial charge in [0, 0.05) is 19.1 Å². The monoisotopic (exact) mass is 284 g/mol. The number of hydrogen-bond donors (Lipinski definition) is 3. The largest absolute Gasteiger partial charge is 0.481 e. The predicted molar refractivity (Wildman–Crippen MR) is 73.4 cm³/mol. The molecule has 114 valence electrons. The zero-order valence-corrected chi connectivity index (χ0v) is 12.2. The first-order valence-corrected chi connectivity index (χ1v) is 7.23. The molecule has 2 aliphatic rings. The van der Waals surface area contributed by atoms with Crippen LogP contribution >= 0.6 is 0 Å². The van der Waals surface area contributed by atoms with Gasteiger partial charge in [-0.3, -0.25) is 9.59 Å². The highest BCUT2D eigenvalue weighted by Gasteiger charge is 2.44. The maximum atomic E-state index is 12.0. The predicted octanol–water partition coefficient (Wildman–Crippen LogP) is 0.515. The highest BCUT2D eigenvalue weighted by molar-refractivity contribution is 5.80. The van der Waals surface area contributed by atoms with Gasteiger partial charge in [0.05, 0.1) is 11.0 Å². The van der Waals surface area contributed by atoms with E-state index in [0.29, 0.717) is 12.8 Å². The van der Waals surface area contributed by atoms with Gasteiger partial charge in [-0.25, -0.2) is 0 Å². The van der Waals surface area contributed by atoms with Crippen molar-refractivity contribution in [3.05, 3.63) is 0 Å². The summed E-state index contributed by atoms with van der Waals surface area (Å²) in [7, 11) is 0. The Balaban J connectivity index is 1.86. The molecule has 20 heavy (non-hydrogen) atoms. The first kappa shape index (κ1) is 15.3. The van der Waals surface area contributed by atoms with E-state index in [1.165, 1.54) is 0 Å². The van der Waals surface area contributed by atoms with Gasteiger partial charge in [0.15, 0.2) is 0 Å². The van der Waals surface area contributed by atoms with Gasteiger partial charge in [-0.05, 0) is 26.7 Å². The van der Waals surface area contributed by atoms with Gasteiger partial charge >= 0.3 is 5.97 Å². The molecule has 1 aliphatic carbocycles. The summed E-state index contributed by atoms with van der Waals surface area (Å²) in [5, 5.41) is 15.3. The van der Waals surface area contributed by atoms with Gasteiger partial charge in [-0.1, -0.05) is 12.8 Å². The fourth-order valence-electron chi connectivity index (χ4n) is 2.88. The second kappa shape index (κ2) is 5.69. The fourth-order valence-corrected chi connectivity index (χ4v) is 2.88. The third-order valence-electron chi connectivity index (χ3n) is 4.58. The van der Waals surface area contributed by atoms with E-state index in [4.69, 9.17) is 4.74 Å². The topological polar surface area (TPSA) is 87.7 Å². The quantitative estimate of drug-likeness (QED) is 0.685. The fraction of sp³-hybridized carbons (Fsp3) is 0.857. The van der Waals surface area contributed by atoms with Crippen molar-refractivity contribution in [3.8, 4) is 0 Å². The van der Waals surface area contributed by atoms with E-state index in [1.807, 2.05) is 6.92 Å². The van der Waals surface area contributed by atoms with Crippen LogP contribution in [0.4, 0.5) is 0 Å². The lowest BCUT2D eigenvalue weighted by molar-refractivity contribution is -0.153. The molecule has 0 bridgehead atoms. The maximum Gasteiger partial charge on any atom is 0.311 e. The Morgan fingerprint density at radius 3 is 2.60 bits per heavy atom. The molecule has 1 saturated carbocycles. The number of carboxylic acid groups (broad SMARTS) is 1. The normalized spacial score (nSPS) is 32.2. The number of amides is 1. The van der Waals surface area contributed by atoms with Crippen molar-refractivity contribution in [2.75, 3.05) is 19.7 Å². The summed E-state index contributed by atoms with van der Waals surface area (Å²) in [5.41, 5.74) is -1.13. The Kier molecular flexibility index (Phi) is 4.34. The van der Waals surface area contributed by atoms with E-state index in [9.17, 15) is 14.7 Å². The molecule has 1 amide bonds. The molecule has 0 radical (unpaired) electrons. The van der Waals surface area contributed by atoms with Crippen LogP contribution in [0.5, 0.6) is 0 Å². The molecule has 1 heterocycles. The minimum atomic E-state index is -0.865. The molecule has 0 aromatic heterocycles. The molecule has 0 spiro atoms. The molecule has 0 aromatic carbocycles. The lowest BCUT2D eigenvalue weighted by Gasteiger charge is -2.40. The molecule has 2 rings (SSSR count). The summed E-state index contributed by atoms with van der Waals surface area (Å²) in [6.45, 7) is 5.16. The lowest BCUT2D eigenvalue weighted by Crippen LogP contribution is -2.60. The number of carbonyl (C=O) groups excluding carboxylic acids is 1. The number of rotatable bonds is 5. The number of ether oxygens (including phenoxy) is 1. The zero-order valence-electron chi connectivity index (χ0n) is 12.2. The molecule has 2 fully saturated rings. The molecule has 1 aliphatic heterocycles. The first-order valence-electron chi connectivity index (χ1n) is 7.23. The summed E-state index contributed by atoms with van der Waals surface area (Å²) in [6.07, 6.45) is 3.18. The Hall–Kier alpha value is -1.14. The molecule has 1 saturated heterocycles. The van der Waals surface area contributed by atoms with Crippen LogP contribution in [0.15, 0.2) is 0 Å². The van der Waals surface area contributed by atoms with Crippen molar-refractivity contribution in [2.45, 2.75) is 51.2 Å². The Labute approximate surface area is 119 Å². The van der Waals surface area contributed by atoms with Crippen LogP contribution in [0.1, 0.15) is 39.5 Å². The van der Waals surface area contributed by atoms with Gasteiger partial charge in [-0.15, -0.1) is 0 Å².